The lowest BCUT2D eigenvalue weighted by Gasteiger charge is -2.24. The summed E-state index contributed by atoms with van der Waals surface area (Å²) < 4.78 is 83.0. The Bertz CT molecular complexity index is 2550. The fourth-order valence-electron chi connectivity index (χ4n) is 6.93. The van der Waals surface area contributed by atoms with Crippen LogP contribution in [-0.4, -0.2) is 16.7 Å². The highest BCUT2D eigenvalue weighted by Gasteiger charge is 2.32. The van der Waals surface area contributed by atoms with Crippen LogP contribution in [0.25, 0.3) is 44.7 Å². The number of hydrogen-bond donors (Lipinski definition) is 0. The first kappa shape index (κ1) is 34.9. The van der Waals surface area contributed by atoms with E-state index in [0.717, 1.165) is 26.7 Å². The van der Waals surface area contributed by atoms with Gasteiger partial charge in [0, 0.05) is 27.6 Å². The summed E-state index contributed by atoms with van der Waals surface area (Å²) in [6.07, 6.45) is 0. The van der Waals surface area contributed by atoms with Gasteiger partial charge < -0.3 is 9.30 Å². The Kier molecular flexibility index (Phi) is 9.53. The minimum atomic E-state index is -2.22. The van der Waals surface area contributed by atoms with Gasteiger partial charge in [-0.2, -0.15) is 0 Å². The highest BCUT2D eigenvalue weighted by molar-refractivity contribution is 7.80. The molecule has 0 saturated heterocycles. The summed E-state index contributed by atoms with van der Waals surface area (Å²) in [4.78, 5) is 5.31. The first-order chi connectivity index (χ1) is 26.4. The number of methoxy groups -OCH3 is 1. The fourth-order valence-corrected chi connectivity index (χ4v) is 9.39. The standard InChI is InChI=1S/C45H30F5N2OP/c1-53-35-24-14-23-33-32(35)25-26-36(54(30-19-10-4-11-20-30)31-21-12-5-13-22-31)37(33)45-51-43(28-15-6-2-7-16-28)44(29-17-8-3-9-18-29)52(45)27-34-38(46)40(48)42(50)41(49)39(34)47/h2-26H,27H2,1H3. The molecule has 0 aliphatic carbocycles. The Morgan fingerprint density at radius 3 is 1.61 bits per heavy atom. The van der Waals surface area contributed by atoms with E-state index in [1.54, 1.807) is 11.7 Å². The molecule has 0 aliphatic rings. The zero-order valence-corrected chi connectivity index (χ0v) is 29.7. The maximum atomic E-state index is 15.7. The summed E-state index contributed by atoms with van der Waals surface area (Å²) in [6.45, 7) is -0.723. The highest BCUT2D eigenvalue weighted by Crippen LogP contribution is 2.45. The van der Waals surface area contributed by atoms with Crippen molar-refractivity contribution in [1.82, 2.24) is 9.55 Å². The van der Waals surface area contributed by atoms with Crippen LogP contribution in [0.2, 0.25) is 0 Å². The Morgan fingerprint density at radius 1 is 0.537 bits per heavy atom. The van der Waals surface area contributed by atoms with Crippen molar-refractivity contribution in [2.45, 2.75) is 6.54 Å². The molecular weight excluding hydrogens is 710 g/mol. The molecule has 266 valence electrons. The van der Waals surface area contributed by atoms with Gasteiger partial charge >= 0.3 is 0 Å². The Morgan fingerprint density at radius 2 is 1.06 bits per heavy atom. The number of fused-ring (bicyclic) bond motifs is 1. The van der Waals surface area contributed by atoms with Gasteiger partial charge in [0.1, 0.15) is 11.6 Å². The second-order valence-corrected chi connectivity index (χ2v) is 14.7. The second kappa shape index (κ2) is 14.7. The third kappa shape index (κ3) is 6.12. The van der Waals surface area contributed by atoms with Crippen molar-refractivity contribution in [1.29, 1.82) is 0 Å². The summed E-state index contributed by atoms with van der Waals surface area (Å²) in [6, 6.07) is 48.1. The van der Waals surface area contributed by atoms with Crippen LogP contribution in [0, 0.1) is 29.1 Å². The molecule has 54 heavy (non-hydrogen) atoms. The van der Waals surface area contributed by atoms with Crippen LogP contribution in [-0.2, 0) is 6.54 Å². The van der Waals surface area contributed by atoms with Gasteiger partial charge in [-0.25, -0.2) is 26.9 Å². The zero-order chi connectivity index (χ0) is 37.3. The van der Waals surface area contributed by atoms with Crippen molar-refractivity contribution in [3.8, 4) is 39.7 Å². The molecule has 8 aromatic rings. The maximum Gasteiger partial charge on any atom is 0.200 e. The third-order valence-corrected chi connectivity index (χ3v) is 11.9. The van der Waals surface area contributed by atoms with Crippen molar-refractivity contribution in [2.75, 3.05) is 7.11 Å². The van der Waals surface area contributed by atoms with Crippen LogP contribution in [0.3, 0.4) is 0 Å². The molecule has 9 heteroatoms. The van der Waals surface area contributed by atoms with Crippen LogP contribution in [0.4, 0.5) is 22.0 Å². The molecule has 0 saturated carbocycles. The first-order valence-electron chi connectivity index (χ1n) is 17.1. The van der Waals surface area contributed by atoms with Crippen molar-refractivity contribution in [3.63, 3.8) is 0 Å². The minimum absolute atomic E-state index is 0.282. The zero-order valence-electron chi connectivity index (χ0n) is 28.8. The number of aromatic nitrogens is 2. The van der Waals surface area contributed by atoms with E-state index >= 15 is 8.78 Å². The summed E-state index contributed by atoms with van der Waals surface area (Å²) in [5.74, 6) is -9.17. The van der Waals surface area contributed by atoms with Gasteiger partial charge in [-0.15, -0.1) is 0 Å². The van der Waals surface area contributed by atoms with Crippen molar-refractivity contribution in [3.05, 3.63) is 186 Å². The van der Waals surface area contributed by atoms with E-state index in [2.05, 4.69) is 24.3 Å². The molecule has 1 heterocycles. The van der Waals surface area contributed by atoms with E-state index in [9.17, 15) is 13.2 Å². The van der Waals surface area contributed by atoms with Gasteiger partial charge in [-0.1, -0.05) is 140 Å². The third-order valence-electron chi connectivity index (χ3n) is 9.39. The fraction of sp³-hybridized carbons (Fsp3) is 0.0444. The highest BCUT2D eigenvalue weighted by atomic mass is 31.1. The summed E-state index contributed by atoms with van der Waals surface area (Å²) in [5, 5.41) is 4.42. The van der Waals surface area contributed by atoms with E-state index in [-0.39, 0.29) is 5.82 Å². The van der Waals surface area contributed by atoms with Crippen molar-refractivity contribution >= 4 is 34.6 Å². The molecule has 0 unspecified atom stereocenters. The van der Waals surface area contributed by atoms with Crippen LogP contribution >= 0.6 is 7.92 Å². The van der Waals surface area contributed by atoms with Crippen LogP contribution < -0.4 is 20.7 Å². The van der Waals surface area contributed by atoms with E-state index in [4.69, 9.17) is 9.72 Å². The lowest BCUT2D eigenvalue weighted by molar-refractivity contribution is 0.368. The molecule has 8 rings (SSSR count). The predicted octanol–water partition coefficient (Wildman–Crippen LogP) is 10.5. The summed E-state index contributed by atoms with van der Waals surface area (Å²) in [7, 11) is 0.281. The second-order valence-electron chi connectivity index (χ2n) is 12.5. The van der Waals surface area contributed by atoms with Crippen LogP contribution in [0.5, 0.6) is 5.75 Å². The number of hydrogen-bond acceptors (Lipinski definition) is 2. The molecule has 0 atom stereocenters. The molecule has 0 bridgehead atoms. The molecule has 1 aromatic heterocycles. The minimum Gasteiger partial charge on any atom is -0.496 e. The molecule has 0 fully saturated rings. The molecule has 3 nitrogen and oxygen atoms in total. The van der Waals surface area contributed by atoms with Crippen molar-refractivity contribution in [2.24, 2.45) is 0 Å². The largest absolute Gasteiger partial charge is 0.496 e. The molecule has 0 aliphatic heterocycles. The molecule has 0 N–H and O–H groups in total. The maximum absolute atomic E-state index is 15.7. The van der Waals surface area contributed by atoms with E-state index < -0.39 is 49.1 Å². The number of ether oxygens (including phenoxy) is 1. The van der Waals surface area contributed by atoms with Gasteiger partial charge in [0.2, 0.25) is 5.82 Å². The number of benzene rings is 7. The normalized spacial score (nSPS) is 11.4. The quantitative estimate of drug-likeness (QED) is 0.0638. The number of nitrogens with zero attached hydrogens (tertiary/aromatic N) is 2. The first-order valence-corrected chi connectivity index (χ1v) is 18.4. The van der Waals surface area contributed by atoms with Gasteiger partial charge in [-0.3, -0.25) is 0 Å². The molecular formula is C45H30F5N2OP. The average Bonchev–Trinajstić information content (AvgIpc) is 3.60. The van der Waals surface area contributed by atoms with Crippen LogP contribution in [0.15, 0.2) is 152 Å². The van der Waals surface area contributed by atoms with Gasteiger partial charge in [0.15, 0.2) is 23.3 Å². The van der Waals surface area contributed by atoms with Gasteiger partial charge in [0.05, 0.1) is 25.0 Å². The Hall–Kier alpha value is -6.11. The van der Waals surface area contributed by atoms with Crippen molar-refractivity contribution < 1.29 is 26.7 Å². The Balaban J connectivity index is 1.55. The van der Waals surface area contributed by atoms with Gasteiger partial charge in [-0.05, 0) is 41.4 Å². The number of rotatable bonds is 9. The molecule has 0 radical (unpaired) electrons. The topological polar surface area (TPSA) is 27.1 Å². The Labute approximate surface area is 309 Å². The molecule has 7 aromatic carbocycles. The lowest BCUT2D eigenvalue weighted by atomic mass is 10.0. The molecule has 0 amide bonds. The van der Waals surface area contributed by atoms with E-state index in [1.165, 1.54) is 0 Å². The van der Waals surface area contributed by atoms with E-state index in [1.807, 2.05) is 127 Å². The average molecular weight is 741 g/mol. The van der Waals surface area contributed by atoms with E-state index in [0.29, 0.717) is 33.8 Å². The SMILES string of the molecule is COc1cccc2c(-c3nc(-c4ccccc4)c(-c4ccccc4)n3Cc3c(F)c(F)c(F)c(F)c3F)c(P(c3ccccc3)c3ccccc3)ccc12. The number of halogens is 5. The summed E-state index contributed by atoms with van der Waals surface area (Å²) in [5.41, 5.74) is 1.89. The smallest absolute Gasteiger partial charge is 0.200 e. The number of imidazole rings is 1. The monoisotopic (exact) mass is 740 g/mol. The molecule has 0 spiro atoms. The lowest BCUT2D eigenvalue weighted by Crippen LogP contribution is -2.23. The predicted molar refractivity (Wildman–Crippen MR) is 207 cm³/mol. The summed E-state index contributed by atoms with van der Waals surface area (Å²) >= 11 is 0. The van der Waals surface area contributed by atoms with Gasteiger partial charge in [0.25, 0.3) is 0 Å². The van der Waals surface area contributed by atoms with Crippen LogP contribution in [0.1, 0.15) is 5.56 Å².